The number of ether oxygens (including phenoxy) is 1. The molecule has 126 valence electrons. The number of hydrogen-bond donors (Lipinski definition) is 1. The van der Waals surface area contributed by atoms with Gasteiger partial charge in [-0.15, -0.1) is 0 Å². The number of rotatable bonds is 6. The first kappa shape index (κ1) is 16.7. The molecule has 0 radical (unpaired) electrons. The van der Waals surface area contributed by atoms with Gasteiger partial charge in [-0.1, -0.05) is 19.1 Å². The first-order valence-corrected chi connectivity index (χ1v) is 9.24. The van der Waals surface area contributed by atoms with E-state index < -0.39 is 0 Å². The number of benzene rings is 2. The molecule has 0 bridgehead atoms. The van der Waals surface area contributed by atoms with E-state index in [4.69, 9.17) is 4.74 Å². The molecule has 0 saturated carbocycles. The molecule has 24 heavy (non-hydrogen) atoms. The third-order valence-corrected chi connectivity index (χ3v) is 5.15. The topological polar surface area (TPSA) is 47.3 Å². The third kappa shape index (κ3) is 3.67. The molecular weight excluding hydrogens is 320 g/mol. The van der Waals surface area contributed by atoms with E-state index in [0.29, 0.717) is 11.9 Å². The van der Waals surface area contributed by atoms with Crippen molar-refractivity contribution >= 4 is 22.8 Å². The lowest BCUT2D eigenvalue weighted by molar-refractivity contribution is 0.292. The highest BCUT2D eigenvalue weighted by molar-refractivity contribution is 7.99. The van der Waals surface area contributed by atoms with E-state index in [2.05, 4.69) is 30.3 Å². The summed E-state index contributed by atoms with van der Waals surface area (Å²) >= 11 is 1.88. The summed E-state index contributed by atoms with van der Waals surface area (Å²) in [5.41, 5.74) is 3.08. The van der Waals surface area contributed by atoms with Crippen LogP contribution < -0.4 is 4.74 Å². The van der Waals surface area contributed by atoms with Crippen molar-refractivity contribution in [3.8, 4) is 11.5 Å². The molecule has 0 spiro atoms. The summed E-state index contributed by atoms with van der Waals surface area (Å²) in [5, 5.41) is 10.2. The fourth-order valence-electron chi connectivity index (χ4n) is 2.64. The van der Waals surface area contributed by atoms with Crippen LogP contribution in [0.2, 0.25) is 0 Å². The third-order valence-electron chi connectivity index (χ3n) is 4.17. The van der Waals surface area contributed by atoms with E-state index in [1.54, 1.807) is 12.1 Å². The normalized spacial score (nSPS) is 12.5. The highest BCUT2D eigenvalue weighted by atomic mass is 32.2. The Morgan fingerprint density at radius 2 is 1.96 bits per heavy atom. The van der Waals surface area contributed by atoms with Crippen LogP contribution in [0.5, 0.6) is 11.5 Å². The summed E-state index contributed by atoms with van der Waals surface area (Å²) in [6.45, 7) is 2.63. The van der Waals surface area contributed by atoms with Crippen LogP contribution in [0.25, 0.3) is 11.0 Å². The molecule has 3 aromatic rings. The number of phenolic OH excluding ortho intramolecular Hbond substituents is 1. The molecule has 4 nitrogen and oxygen atoms in total. The van der Waals surface area contributed by atoms with Gasteiger partial charge in [0.2, 0.25) is 0 Å². The average molecular weight is 342 g/mol. The van der Waals surface area contributed by atoms with Crippen LogP contribution in [0.3, 0.4) is 0 Å². The van der Waals surface area contributed by atoms with Crippen molar-refractivity contribution in [3.05, 3.63) is 53.9 Å². The summed E-state index contributed by atoms with van der Waals surface area (Å²) in [6.07, 6.45) is 3.20. The second-order valence-corrected chi connectivity index (χ2v) is 7.22. The van der Waals surface area contributed by atoms with Crippen molar-refractivity contribution in [2.45, 2.75) is 25.2 Å². The van der Waals surface area contributed by atoms with Gasteiger partial charge in [0.15, 0.2) is 0 Å². The zero-order valence-electron chi connectivity index (χ0n) is 14.2. The summed E-state index contributed by atoms with van der Waals surface area (Å²) < 4.78 is 7.82. The van der Waals surface area contributed by atoms with Gasteiger partial charge >= 0.3 is 0 Å². The Morgan fingerprint density at radius 1 is 1.21 bits per heavy atom. The summed E-state index contributed by atoms with van der Waals surface area (Å²) in [5.74, 6) is 1.91. The van der Waals surface area contributed by atoms with Gasteiger partial charge in [-0.25, -0.2) is 4.98 Å². The largest absolute Gasteiger partial charge is 0.508 e. The number of hydrogen-bond acceptors (Lipinski definition) is 4. The van der Waals surface area contributed by atoms with Crippen molar-refractivity contribution < 1.29 is 9.84 Å². The maximum Gasteiger partial charge on any atom is 0.147 e. The SMILES string of the molecule is CSC(C)Cc1ccc(OCc2nc3ccc(O)cc3n2C)cc1. The number of aromatic nitrogens is 2. The fourth-order valence-corrected chi connectivity index (χ4v) is 3.00. The lowest BCUT2D eigenvalue weighted by Crippen LogP contribution is -2.04. The van der Waals surface area contributed by atoms with Crippen molar-refractivity contribution in [1.29, 1.82) is 0 Å². The van der Waals surface area contributed by atoms with Gasteiger partial charge in [0, 0.05) is 18.4 Å². The van der Waals surface area contributed by atoms with E-state index in [1.807, 2.05) is 41.6 Å². The summed E-state index contributed by atoms with van der Waals surface area (Å²) in [4.78, 5) is 4.56. The quantitative estimate of drug-likeness (QED) is 0.731. The first-order chi connectivity index (χ1) is 11.6. The number of phenols is 1. The van der Waals surface area contributed by atoms with Crippen LogP contribution in [0, 0.1) is 0 Å². The molecule has 2 aromatic carbocycles. The number of nitrogens with zero attached hydrogens (tertiary/aromatic N) is 2. The van der Waals surface area contributed by atoms with Crippen LogP contribution in [-0.2, 0) is 20.1 Å². The van der Waals surface area contributed by atoms with Gasteiger partial charge in [-0.2, -0.15) is 11.8 Å². The fraction of sp³-hybridized carbons (Fsp3) is 0.316. The number of imidazole rings is 1. The monoisotopic (exact) mass is 342 g/mol. The van der Waals surface area contributed by atoms with Crippen LogP contribution >= 0.6 is 11.8 Å². The Kier molecular flexibility index (Phi) is 5.00. The Hall–Kier alpha value is -2.14. The van der Waals surface area contributed by atoms with Crippen LogP contribution in [0.1, 0.15) is 18.3 Å². The molecule has 0 fully saturated rings. The molecule has 5 heteroatoms. The molecule has 0 aliphatic carbocycles. The summed E-state index contributed by atoms with van der Waals surface area (Å²) in [7, 11) is 1.93. The highest BCUT2D eigenvalue weighted by Crippen LogP contribution is 2.22. The minimum absolute atomic E-state index is 0.244. The molecule has 1 atom stereocenters. The number of aryl methyl sites for hydroxylation is 1. The zero-order chi connectivity index (χ0) is 17.1. The van der Waals surface area contributed by atoms with Gasteiger partial charge in [-0.3, -0.25) is 0 Å². The second-order valence-electron chi connectivity index (χ2n) is 5.94. The minimum Gasteiger partial charge on any atom is -0.508 e. The smallest absolute Gasteiger partial charge is 0.147 e. The van der Waals surface area contributed by atoms with Gasteiger partial charge in [0.25, 0.3) is 0 Å². The first-order valence-electron chi connectivity index (χ1n) is 7.95. The molecule has 1 N–H and O–H groups in total. The van der Waals surface area contributed by atoms with Gasteiger partial charge in [0.05, 0.1) is 11.0 Å². The van der Waals surface area contributed by atoms with Crippen molar-refractivity contribution in [2.75, 3.05) is 6.26 Å². The number of aromatic hydroxyl groups is 1. The second kappa shape index (κ2) is 7.18. The molecule has 1 unspecified atom stereocenters. The Balaban J connectivity index is 1.68. The van der Waals surface area contributed by atoms with E-state index in [1.165, 1.54) is 5.56 Å². The lowest BCUT2D eigenvalue weighted by Gasteiger charge is -2.10. The number of thioether (sulfide) groups is 1. The Labute approximate surface area is 146 Å². The van der Waals surface area contributed by atoms with Crippen LogP contribution in [-0.4, -0.2) is 26.2 Å². The molecule has 0 aliphatic heterocycles. The Bertz CT molecular complexity index is 827. The molecular formula is C19H22N2O2S. The number of fused-ring (bicyclic) bond motifs is 1. The standard InChI is InChI=1S/C19H22N2O2S/c1-13(24-3)10-14-4-7-16(8-5-14)23-12-19-20-17-9-6-15(22)11-18(17)21(19)2/h4-9,11,13,22H,10,12H2,1-3H3. The molecule has 3 rings (SSSR count). The van der Waals surface area contributed by atoms with Crippen molar-refractivity contribution in [1.82, 2.24) is 9.55 Å². The maximum atomic E-state index is 9.60. The average Bonchev–Trinajstić information content (AvgIpc) is 2.90. The zero-order valence-corrected chi connectivity index (χ0v) is 15.0. The Morgan fingerprint density at radius 3 is 2.67 bits per heavy atom. The maximum absolute atomic E-state index is 9.60. The molecule has 0 saturated heterocycles. The van der Waals surface area contributed by atoms with Crippen LogP contribution in [0.4, 0.5) is 0 Å². The predicted octanol–water partition coefficient (Wildman–Crippen LogP) is 4.15. The molecule has 1 heterocycles. The molecule has 0 amide bonds. The van der Waals surface area contributed by atoms with E-state index >= 15 is 0 Å². The van der Waals surface area contributed by atoms with Crippen molar-refractivity contribution in [2.24, 2.45) is 7.05 Å². The van der Waals surface area contributed by atoms with Gasteiger partial charge in [0.1, 0.15) is 23.9 Å². The predicted molar refractivity (Wildman–Crippen MR) is 99.8 cm³/mol. The minimum atomic E-state index is 0.244. The lowest BCUT2D eigenvalue weighted by atomic mass is 10.1. The van der Waals surface area contributed by atoms with E-state index in [0.717, 1.165) is 29.0 Å². The van der Waals surface area contributed by atoms with Gasteiger partial charge in [-0.05, 0) is 42.5 Å². The molecule has 0 aliphatic rings. The van der Waals surface area contributed by atoms with E-state index in [9.17, 15) is 5.11 Å². The summed E-state index contributed by atoms with van der Waals surface area (Å²) in [6, 6.07) is 13.4. The van der Waals surface area contributed by atoms with Crippen molar-refractivity contribution in [3.63, 3.8) is 0 Å². The van der Waals surface area contributed by atoms with Crippen LogP contribution in [0.15, 0.2) is 42.5 Å². The highest BCUT2D eigenvalue weighted by Gasteiger charge is 2.09. The van der Waals surface area contributed by atoms with E-state index in [-0.39, 0.29) is 5.75 Å². The van der Waals surface area contributed by atoms with Gasteiger partial charge < -0.3 is 14.4 Å². The molecule has 1 aromatic heterocycles.